The maximum atomic E-state index is 12.2. The summed E-state index contributed by atoms with van der Waals surface area (Å²) in [7, 11) is 1.78. The summed E-state index contributed by atoms with van der Waals surface area (Å²) in [4.78, 5) is 17.4. The maximum absolute atomic E-state index is 12.2. The summed E-state index contributed by atoms with van der Waals surface area (Å²) in [6.07, 6.45) is 2.42. The molecule has 0 spiro atoms. The Bertz CT molecular complexity index is 766. The summed E-state index contributed by atoms with van der Waals surface area (Å²) in [5.41, 5.74) is 2.85. The predicted octanol–water partition coefficient (Wildman–Crippen LogP) is 5.04. The van der Waals surface area contributed by atoms with Crippen molar-refractivity contribution in [1.82, 2.24) is 9.88 Å². The lowest BCUT2D eigenvalue weighted by Crippen LogP contribution is -2.35. The molecule has 0 aliphatic carbocycles. The van der Waals surface area contributed by atoms with Gasteiger partial charge >= 0.3 is 6.09 Å². The third-order valence-corrected chi connectivity index (χ3v) is 4.37. The zero-order chi connectivity index (χ0) is 18.8. The van der Waals surface area contributed by atoms with Crippen LogP contribution in [-0.2, 0) is 16.6 Å². The Hall–Kier alpha value is -2.23. The molecule has 4 heteroatoms. The molecule has 1 aromatic heterocycles. The number of hydrogen-bond acceptors (Lipinski definition) is 2. The molecule has 0 saturated carbocycles. The zero-order valence-corrected chi connectivity index (χ0v) is 16.3. The van der Waals surface area contributed by atoms with Crippen LogP contribution in [0.2, 0.25) is 0 Å². The van der Waals surface area contributed by atoms with Crippen molar-refractivity contribution < 1.29 is 9.53 Å². The second-order valence-corrected chi connectivity index (χ2v) is 8.10. The number of carbonyl (C=O) groups excluding carboxylic acids is 1. The highest BCUT2D eigenvalue weighted by Gasteiger charge is 2.25. The summed E-state index contributed by atoms with van der Waals surface area (Å²) in [5.74, 6) is 0. The molecule has 2 rings (SSSR count). The van der Waals surface area contributed by atoms with Crippen LogP contribution in [0.25, 0.3) is 10.9 Å². The third-order valence-electron chi connectivity index (χ3n) is 4.37. The molecular weight excluding hydrogens is 312 g/mol. The van der Waals surface area contributed by atoms with Gasteiger partial charge in [0.1, 0.15) is 5.60 Å². The number of nitrogens with zero attached hydrogens (tertiary/aromatic N) is 1. The fourth-order valence-corrected chi connectivity index (χ4v) is 2.82. The molecular formula is C21H30N2O2. The molecule has 4 nitrogen and oxygen atoms in total. The molecule has 1 aromatic carbocycles. The Balaban J connectivity index is 2.27. The lowest BCUT2D eigenvalue weighted by Gasteiger charge is -2.25. The zero-order valence-electron chi connectivity index (χ0n) is 16.3. The minimum absolute atomic E-state index is 0.168. The van der Waals surface area contributed by atoms with Gasteiger partial charge in [0, 0.05) is 35.6 Å². The van der Waals surface area contributed by atoms with Gasteiger partial charge in [-0.1, -0.05) is 38.1 Å². The van der Waals surface area contributed by atoms with Crippen LogP contribution < -0.4 is 0 Å². The van der Waals surface area contributed by atoms with E-state index in [2.05, 4.69) is 37.5 Å². The number of carbonyl (C=O) groups is 1. The predicted molar refractivity (Wildman–Crippen MR) is 104 cm³/mol. The van der Waals surface area contributed by atoms with Gasteiger partial charge in [-0.2, -0.15) is 0 Å². The Labute approximate surface area is 150 Å². The van der Waals surface area contributed by atoms with E-state index in [1.54, 1.807) is 11.9 Å². The highest BCUT2D eigenvalue weighted by atomic mass is 16.6. The normalized spacial score (nSPS) is 12.2. The van der Waals surface area contributed by atoms with E-state index in [-0.39, 0.29) is 11.5 Å². The van der Waals surface area contributed by atoms with Crippen LogP contribution in [0.15, 0.2) is 36.9 Å². The van der Waals surface area contributed by atoms with E-state index in [4.69, 9.17) is 4.74 Å². The number of H-pyrrole nitrogens is 1. The number of amides is 1. The number of ether oxygens (including phenoxy) is 1. The van der Waals surface area contributed by atoms with Gasteiger partial charge in [0.25, 0.3) is 0 Å². The molecule has 0 aliphatic heterocycles. The topological polar surface area (TPSA) is 45.3 Å². The quantitative estimate of drug-likeness (QED) is 0.774. The van der Waals surface area contributed by atoms with Crippen molar-refractivity contribution in [3.05, 3.63) is 48.2 Å². The van der Waals surface area contributed by atoms with Gasteiger partial charge in [0.2, 0.25) is 0 Å². The lowest BCUT2D eigenvalue weighted by atomic mass is 9.86. The van der Waals surface area contributed by atoms with E-state index in [0.29, 0.717) is 6.54 Å². The first-order valence-corrected chi connectivity index (χ1v) is 8.73. The Morgan fingerprint density at radius 3 is 2.48 bits per heavy atom. The second-order valence-electron chi connectivity index (χ2n) is 8.10. The summed E-state index contributed by atoms with van der Waals surface area (Å²) in [5, 5.41) is 1.20. The Kier molecular flexibility index (Phi) is 5.31. The smallest absolute Gasteiger partial charge is 0.410 e. The van der Waals surface area contributed by atoms with Crippen molar-refractivity contribution in [2.75, 3.05) is 13.6 Å². The molecule has 0 saturated heterocycles. The summed E-state index contributed by atoms with van der Waals surface area (Å²) >= 11 is 0. The first-order chi connectivity index (χ1) is 11.5. The van der Waals surface area contributed by atoms with Crippen LogP contribution in [0.3, 0.4) is 0 Å². The largest absolute Gasteiger partial charge is 0.444 e. The number of allylic oxidation sites excluding steroid dienone is 1. The number of aromatic nitrogens is 1. The number of para-hydroxylation sites is 1. The standard InChI is InChI=1S/C21H30N2O2/c1-8-21(5,6)18-16(15-11-9-10-12-17(15)22-18)13-14-23(7)19(24)25-20(2,3)4/h8-12,22H,1,13-14H2,2-7H3. The number of fused-ring (bicyclic) bond motifs is 1. The molecule has 1 amide bonds. The van der Waals surface area contributed by atoms with Gasteiger partial charge in [-0.05, 0) is 38.8 Å². The Morgan fingerprint density at radius 1 is 1.24 bits per heavy atom. The van der Waals surface area contributed by atoms with Crippen LogP contribution in [0.4, 0.5) is 4.79 Å². The fourth-order valence-electron chi connectivity index (χ4n) is 2.82. The highest BCUT2D eigenvalue weighted by molar-refractivity contribution is 5.85. The van der Waals surface area contributed by atoms with Crippen molar-refractivity contribution in [3.63, 3.8) is 0 Å². The first-order valence-electron chi connectivity index (χ1n) is 8.73. The van der Waals surface area contributed by atoms with Gasteiger partial charge in [-0.25, -0.2) is 4.79 Å². The summed E-state index contributed by atoms with van der Waals surface area (Å²) in [6.45, 7) is 14.5. The van der Waals surface area contributed by atoms with Crippen LogP contribution in [0.1, 0.15) is 45.9 Å². The highest BCUT2D eigenvalue weighted by Crippen LogP contribution is 2.32. The molecule has 0 bridgehead atoms. The molecule has 1 N–H and O–H groups in total. The van der Waals surface area contributed by atoms with Crippen molar-refractivity contribution in [2.45, 2.75) is 52.1 Å². The van der Waals surface area contributed by atoms with Crippen LogP contribution in [-0.4, -0.2) is 35.2 Å². The number of aromatic amines is 1. The lowest BCUT2D eigenvalue weighted by molar-refractivity contribution is 0.0301. The minimum Gasteiger partial charge on any atom is -0.444 e. The van der Waals surface area contributed by atoms with E-state index < -0.39 is 5.60 Å². The molecule has 0 radical (unpaired) electrons. The van der Waals surface area contributed by atoms with Crippen molar-refractivity contribution in [3.8, 4) is 0 Å². The molecule has 25 heavy (non-hydrogen) atoms. The van der Waals surface area contributed by atoms with E-state index in [1.807, 2.05) is 39.0 Å². The number of benzene rings is 1. The van der Waals surface area contributed by atoms with E-state index in [0.717, 1.165) is 17.6 Å². The number of likely N-dealkylation sites (N-methyl/N-ethyl adjacent to an activating group) is 1. The van der Waals surface area contributed by atoms with Gasteiger partial charge < -0.3 is 14.6 Å². The molecule has 2 aromatic rings. The van der Waals surface area contributed by atoms with Gasteiger partial charge in [0.15, 0.2) is 0 Å². The average molecular weight is 342 g/mol. The van der Waals surface area contributed by atoms with Crippen LogP contribution in [0, 0.1) is 0 Å². The first kappa shape index (κ1) is 19.1. The number of hydrogen-bond donors (Lipinski definition) is 1. The molecule has 1 heterocycles. The van der Waals surface area contributed by atoms with Gasteiger partial charge in [-0.15, -0.1) is 6.58 Å². The van der Waals surface area contributed by atoms with Gasteiger partial charge in [0.05, 0.1) is 0 Å². The third kappa shape index (κ3) is 4.44. The second kappa shape index (κ2) is 6.95. The monoisotopic (exact) mass is 342 g/mol. The van der Waals surface area contributed by atoms with Crippen molar-refractivity contribution >= 4 is 17.0 Å². The molecule has 136 valence electrons. The van der Waals surface area contributed by atoms with E-state index >= 15 is 0 Å². The fraction of sp³-hybridized carbons (Fsp3) is 0.476. The van der Waals surface area contributed by atoms with E-state index in [1.165, 1.54) is 10.9 Å². The minimum atomic E-state index is -0.484. The van der Waals surface area contributed by atoms with Crippen molar-refractivity contribution in [2.24, 2.45) is 0 Å². The molecule has 0 atom stereocenters. The number of nitrogens with one attached hydrogen (secondary N) is 1. The Morgan fingerprint density at radius 2 is 1.88 bits per heavy atom. The van der Waals surface area contributed by atoms with Gasteiger partial charge in [-0.3, -0.25) is 0 Å². The number of rotatable bonds is 5. The maximum Gasteiger partial charge on any atom is 0.410 e. The molecule has 0 unspecified atom stereocenters. The van der Waals surface area contributed by atoms with Crippen LogP contribution in [0.5, 0.6) is 0 Å². The average Bonchev–Trinajstić information content (AvgIpc) is 2.90. The summed E-state index contributed by atoms with van der Waals surface area (Å²) in [6, 6.07) is 8.28. The SMILES string of the molecule is C=CC(C)(C)c1[nH]c2ccccc2c1CCN(C)C(=O)OC(C)(C)C. The molecule has 0 aliphatic rings. The van der Waals surface area contributed by atoms with E-state index in [9.17, 15) is 4.79 Å². The molecule has 0 fully saturated rings. The van der Waals surface area contributed by atoms with Crippen molar-refractivity contribution in [1.29, 1.82) is 0 Å². The van der Waals surface area contributed by atoms with Crippen LogP contribution >= 0.6 is 0 Å². The summed E-state index contributed by atoms with van der Waals surface area (Å²) < 4.78 is 5.44.